The van der Waals surface area contributed by atoms with Crippen molar-refractivity contribution in [1.29, 1.82) is 0 Å². The molecule has 0 bridgehead atoms. The number of thiazole rings is 1. The summed E-state index contributed by atoms with van der Waals surface area (Å²) in [6, 6.07) is 5.98. The van der Waals surface area contributed by atoms with Crippen molar-refractivity contribution in [2.45, 2.75) is 32.7 Å². The molecule has 0 amide bonds. The second-order valence-electron chi connectivity index (χ2n) is 4.94. The van der Waals surface area contributed by atoms with Crippen LogP contribution < -0.4 is 0 Å². The molecule has 1 heterocycles. The van der Waals surface area contributed by atoms with E-state index >= 15 is 0 Å². The summed E-state index contributed by atoms with van der Waals surface area (Å²) in [5.74, 6) is 0. The molecule has 2 aromatic rings. The summed E-state index contributed by atoms with van der Waals surface area (Å²) in [5.41, 5.74) is 1.99. The number of para-hydroxylation sites is 1. The number of hydrogen-bond acceptors (Lipinski definition) is 4. The van der Waals surface area contributed by atoms with Gasteiger partial charge in [0.05, 0.1) is 21.8 Å². The monoisotopic (exact) mass is 246 g/mol. The SMILES string of the molecule is CC(C)(C)c1nc2c(CN=C=O)cccc2s1. The number of fused-ring (bicyclic) bond motifs is 1. The van der Waals surface area contributed by atoms with E-state index in [9.17, 15) is 4.79 Å². The van der Waals surface area contributed by atoms with E-state index < -0.39 is 0 Å². The van der Waals surface area contributed by atoms with E-state index in [2.05, 4.69) is 36.8 Å². The van der Waals surface area contributed by atoms with Gasteiger partial charge in [0.1, 0.15) is 0 Å². The van der Waals surface area contributed by atoms with Crippen LogP contribution in [0.15, 0.2) is 23.2 Å². The first-order valence-electron chi connectivity index (χ1n) is 5.45. The molecule has 0 fully saturated rings. The molecule has 2 rings (SSSR count). The number of benzene rings is 1. The van der Waals surface area contributed by atoms with E-state index in [-0.39, 0.29) is 5.41 Å². The Morgan fingerprint density at radius 1 is 1.41 bits per heavy atom. The molecular formula is C13H14N2OS. The van der Waals surface area contributed by atoms with E-state index in [0.717, 1.165) is 20.8 Å². The first-order chi connectivity index (χ1) is 8.02. The van der Waals surface area contributed by atoms with Gasteiger partial charge in [-0.3, -0.25) is 0 Å². The van der Waals surface area contributed by atoms with Gasteiger partial charge < -0.3 is 0 Å². The molecule has 0 aliphatic heterocycles. The molecule has 1 aromatic heterocycles. The molecule has 0 aliphatic rings. The van der Waals surface area contributed by atoms with Gasteiger partial charge in [-0.1, -0.05) is 32.9 Å². The van der Waals surface area contributed by atoms with Crippen LogP contribution in [0, 0.1) is 0 Å². The third-order valence-corrected chi connectivity index (χ3v) is 3.90. The van der Waals surface area contributed by atoms with E-state index in [4.69, 9.17) is 0 Å². The van der Waals surface area contributed by atoms with E-state index in [1.165, 1.54) is 0 Å². The van der Waals surface area contributed by atoms with E-state index in [1.54, 1.807) is 17.4 Å². The van der Waals surface area contributed by atoms with Gasteiger partial charge in [0.15, 0.2) is 0 Å². The Morgan fingerprint density at radius 3 is 2.82 bits per heavy atom. The predicted octanol–water partition coefficient (Wildman–Crippen LogP) is 3.43. The van der Waals surface area contributed by atoms with Gasteiger partial charge in [0.25, 0.3) is 0 Å². The second-order valence-corrected chi connectivity index (χ2v) is 5.97. The van der Waals surface area contributed by atoms with Crippen molar-refractivity contribution in [3.8, 4) is 0 Å². The molecule has 0 N–H and O–H groups in total. The van der Waals surface area contributed by atoms with Crippen molar-refractivity contribution < 1.29 is 4.79 Å². The van der Waals surface area contributed by atoms with Gasteiger partial charge in [-0.05, 0) is 6.07 Å². The third kappa shape index (κ3) is 2.43. The second kappa shape index (κ2) is 4.40. The summed E-state index contributed by atoms with van der Waals surface area (Å²) < 4.78 is 1.15. The lowest BCUT2D eigenvalue weighted by Gasteiger charge is -2.13. The van der Waals surface area contributed by atoms with Crippen molar-refractivity contribution in [1.82, 2.24) is 4.98 Å². The summed E-state index contributed by atoms with van der Waals surface area (Å²) in [6.07, 6.45) is 1.57. The smallest absolute Gasteiger partial charge is 0.235 e. The lowest BCUT2D eigenvalue weighted by molar-refractivity contribution is 0.563. The molecule has 0 saturated heterocycles. The minimum atomic E-state index is 0.0505. The van der Waals surface area contributed by atoms with Crippen LogP contribution in [-0.4, -0.2) is 11.1 Å². The van der Waals surface area contributed by atoms with Gasteiger partial charge in [0.2, 0.25) is 6.08 Å². The fraction of sp³-hybridized carbons (Fsp3) is 0.385. The van der Waals surface area contributed by atoms with Crippen molar-refractivity contribution in [3.05, 3.63) is 28.8 Å². The van der Waals surface area contributed by atoms with Crippen LogP contribution in [0.1, 0.15) is 31.3 Å². The third-order valence-electron chi connectivity index (χ3n) is 2.46. The minimum Gasteiger partial charge on any atom is -0.240 e. The Bertz CT molecular complexity index is 589. The fourth-order valence-electron chi connectivity index (χ4n) is 1.57. The Kier molecular flexibility index (Phi) is 3.09. The summed E-state index contributed by atoms with van der Waals surface area (Å²) in [5, 5.41) is 1.11. The average Bonchev–Trinajstić information content (AvgIpc) is 2.70. The number of aliphatic imine (C=N–C) groups is 1. The fourth-order valence-corrected chi connectivity index (χ4v) is 2.64. The summed E-state index contributed by atoms with van der Waals surface area (Å²) in [6.45, 7) is 6.80. The van der Waals surface area contributed by atoms with Crippen LogP contribution in [0.4, 0.5) is 0 Å². The maximum absolute atomic E-state index is 10.2. The summed E-state index contributed by atoms with van der Waals surface area (Å²) in [7, 11) is 0. The predicted molar refractivity (Wildman–Crippen MR) is 70.1 cm³/mol. The largest absolute Gasteiger partial charge is 0.240 e. The number of carbonyl (C=O) groups excluding carboxylic acids is 1. The molecule has 3 nitrogen and oxygen atoms in total. The summed E-state index contributed by atoms with van der Waals surface area (Å²) in [4.78, 5) is 18.5. The van der Waals surface area contributed by atoms with E-state index in [1.807, 2.05) is 12.1 Å². The number of rotatable bonds is 2. The van der Waals surface area contributed by atoms with Crippen molar-refractivity contribution in [2.75, 3.05) is 0 Å². The Balaban J connectivity index is 2.56. The van der Waals surface area contributed by atoms with Crippen molar-refractivity contribution in [2.24, 2.45) is 4.99 Å². The molecular weight excluding hydrogens is 232 g/mol. The zero-order valence-electron chi connectivity index (χ0n) is 10.2. The molecule has 0 atom stereocenters. The topological polar surface area (TPSA) is 42.3 Å². The highest BCUT2D eigenvalue weighted by Crippen LogP contribution is 2.32. The lowest BCUT2D eigenvalue weighted by atomic mass is 9.98. The quantitative estimate of drug-likeness (QED) is 0.601. The molecule has 88 valence electrons. The molecule has 0 spiro atoms. The standard InChI is InChI=1S/C13H14N2OS/c1-13(2,3)12-15-11-9(7-14-8-16)5-4-6-10(11)17-12/h4-6H,7H2,1-3H3. The number of aromatic nitrogens is 1. The van der Waals surface area contributed by atoms with Crippen molar-refractivity contribution >= 4 is 27.6 Å². The normalized spacial score (nSPS) is 11.5. The van der Waals surface area contributed by atoms with Gasteiger partial charge in [-0.25, -0.2) is 14.8 Å². The highest BCUT2D eigenvalue weighted by molar-refractivity contribution is 7.18. The van der Waals surface area contributed by atoms with Crippen LogP contribution in [0.3, 0.4) is 0 Å². The van der Waals surface area contributed by atoms with Gasteiger partial charge in [-0.2, -0.15) is 0 Å². The van der Waals surface area contributed by atoms with Crippen molar-refractivity contribution in [3.63, 3.8) is 0 Å². The van der Waals surface area contributed by atoms with Crippen LogP contribution in [0.2, 0.25) is 0 Å². The molecule has 1 aromatic carbocycles. The number of hydrogen-bond donors (Lipinski definition) is 0. The molecule has 0 saturated carbocycles. The lowest BCUT2D eigenvalue weighted by Crippen LogP contribution is -2.09. The van der Waals surface area contributed by atoms with Crippen LogP contribution in [-0.2, 0) is 16.8 Å². The van der Waals surface area contributed by atoms with E-state index in [0.29, 0.717) is 6.54 Å². The summed E-state index contributed by atoms with van der Waals surface area (Å²) >= 11 is 1.70. The highest BCUT2D eigenvalue weighted by atomic mass is 32.1. The first kappa shape index (κ1) is 12.0. The van der Waals surface area contributed by atoms with Crippen LogP contribution in [0.5, 0.6) is 0 Å². The molecule has 0 aliphatic carbocycles. The number of isocyanates is 1. The average molecular weight is 246 g/mol. The zero-order chi connectivity index (χ0) is 12.5. The minimum absolute atomic E-state index is 0.0505. The molecule has 4 heteroatoms. The molecule has 0 unspecified atom stereocenters. The zero-order valence-corrected chi connectivity index (χ0v) is 11.0. The highest BCUT2D eigenvalue weighted by Gasteiger charge is 2.19. The van der Waals surface area contributed by atoms with Gasteiger partial charge >= 0.3 is 0 Å². The Hall–Kier alpha value is -1.51. The van der Waals surface area contributed by atoms with Crippen LogP contribution in [0.25, 0.3) is 10.2 Å². The maximum atomic E-state index is 10.2. The maximum Gasteiger partial charge on any atom is 0.235 e. The van der Waals surface area contributed by atoms with Gasteiger partial charge in [-0.15, -0.1) is 11.3 Å². The first-order valence-corrected chi connectivity index (χ1v) is 6.26. The van der Waals surface area contributed by atoms with Gasteiger partial charge in [0, 0.05) is 11.0 Å². The van der Waals surface area contributed by atoms with Crippen LogP contribution >= 0.6 is 11.3 Å². The molecule has 17 heavy (non-hydrogen) atoms. The molecule has 0 radical (unpaired) electrons. The Morgan fingerprint density at radius 2 is 2.18 bits per heavy atom. The number of nitrogens with zero attached hydrogens (tertiary/aromatic N) is 2. The Labute approximate surface area is 104 Å².